The molecule has 2 unspecified atom stereocenters. The fourth-order valence-corrected chi connectivity index (χ4v) is 2.04. The molecule has 7 heteroatoms. The van der Waals surface area contributed by atoms with Crippen LogP contribution in [0.5, 0.6) is 0 Å². The average molecular weight is 253 g/mol. The normalized spacial score (nSPS) is 16.1. The number of hydrogen-bond donors (Lipinski definition) is 3. The van der Waals surface area contributed by atoms with E-state index < -0.39 is 27.3 Å². The number of aliphatic hydroxyl groups is 1. The van der Waals surface area contributed by atoms with Gasteiger partial charge in [-0.3, -0.25) is 4.79 Å². The lowest BCUT2D eigenvalue weighted by Crippen LogP contribution is -2.41. The second-order valence-corrected chi connectivity index (χ2v) is 6.24. The van der Waals surface area contributed by atoms with Gasteiger partial charge in [-0.15, -0.1) is 0 Å². The van der Waals surface area contributed by atoms with Gasteiger partial charge in [-0.05, 0) is 19.3 Å². The Kier molecular flexibility index (Phi) is 5.91. The van der Waals surface area contributed by atoms with Gasteiger partial charge in [0.25, 0.3) is 0 Å². The molecular weight excluding hydrogens is 234 g/mol. The highest BCUT2D eigenvalue weighted by atomic mass is 32.2. The van der Waals surface area contributed by atoms with Crippen LogP contribution in [0.15, 0.2) is 0 Å². The quantitative estimate of drug-likeness (QED) is 0.582. The van der Waals surface area contributed by atoms with Crippen LogP contribution in [0.2, 0.25) is 0 Å². The van der Waals surface area contributed by atoms with Crippen LogP contribution < -0.4 is 4.72 Å². The highest BCUT2D eigenvalue weighted by molar-refractivity contribution is 7.90. The van der Waals surface area contributed by atoms with E-state index in [9.17, 15) is 18.3 Å². The van der Waals surface area contributed by atoms with Gasteiger partial charge in [0.15, 0.2) is 5.25 Å². The van der Waals surface area contributed by atoms with E-state index in [0.29, 0.717) is 6.42 Å². The van der Waals surface area contributed by atoms with Crippen LogP contribution in [0.1, 0.15) is 27.2 Å². The van der Waals surface area contributed by atoms with Crippen LogP contribution in [0.3, 0.4) is 0 Å². The van der Waals surface area contributed by atoms with Crippen LogP contribution in [-0.4, -0.2) is 42.5 Å². The Labute approximate surface area is 95.7 Å². The Morgan fingerprint density at radius 2 is 1.81 bits per heavy atom. The average Bonchev–Trinajstić information content (AvgIpc) is 2.12. The molecule has 96 valence electrons. The van der Waals surface area contributed by atoms with E-state index in [-0.39, 0.29) is 12.5 Å². The molecule has 0 aliphatic carbocycles. The van der Waals surface area contributed by atoms with E-state index in [1.165, 1.54) is 0 Å². The molecule has 2 atom stereocenters. The van der Waals surface area contributed by atoms with Gasteiger partial charge in [0.05, 0.1) is 6.10 Å². The van der Waals surface area contributed by atoms with Crippen molar-refractivity contribution in [1.29, 1.82) is 0 Å². The van der Waals surface area contributed by atoms with Crippen LogP contribution in [0, 0.1) is 5.92 Å². The predicted molar refractivity (Wildman–Crippen MR) is 59.5 cm³/mol. The zero-order valence-electron chi connectivity index (χ0n) is 9.67. The van der Waals surface area contributed by atoms with Crippen molar-refractivity contribution >= 4 is 16.0 Å². The molecule has 0 aliphatic rings. The first-order valence-corrected chi connectivity index (χ1v) is 6.60. The summed E-state index contributed by atoms with van der Waals surface area (Å²) >= 11 is 0. The van der Waals surface area contributed by atoms with E-state index in [1.54, 1.807) is 0 Å². The van der Waals surface area contributed by atoms with E-state index >= 15 is 0 Å². The molecule has 0 radical (unpaired) electrons. The smallest absolute Gasteiger partial charge is 0.323 e. The molecule has 6 nitrogen and oxygen atoms in total. The first kappa shape index (κ1) is 15.3. The molecule has 0 spiro atoms. The maximum Gasteiger partial charge on any atom is 0.323 e. The van der Waals surface area contributed by atoms with Crippen molar-refractivity contribution in [1.82, 2.24) is 4.72 Å². The molecule has 0 heterocycles. The van der Waals surface area contributed by atoms with Crippen LogP contribution >= 0.6 is 0 Å². The molecule has 0 amide bonds. The molecule has 0 aromatic carbocycles. The Hall–Kier alpha value is -0.660. The zero-order chi connectivity index (χ0) is 12.9. The van der Waals surface area contributed by atoms with Crippen molar-refractivity contribution in [3.8, 4) is 0 Å². The van der Waals surface area contributed by atoms with Crippen molar-refractivity contribution in [3.05, 3.63) is 0 Å². The van der Waals surface area contributed by atoms with Gasteiger partial charge >= 0.3 is 5.97 Å². The minimum Gasteiger partial charge on any atom is -0.480 e. The lowest BCUT2D eigenvalue weighted by atomic mass is 10.1. The third-order valence-corrected chi connectivity index (χ3v) is 3.78. The van der Waals surface area contributed by atoms with E-state index in [2.05, 4.69) is 4.72 Å². The molecule has 0 bridgehead atoms. The molecule has 16 heavy (non-hydrogen) atoms. The summed E-state index contributed by atoms with van der Waals surface area (Å²) in [7, 11) is -3.90. The summed E-state index contributed by atoms with van der Waals surface area (Å²) < 4.78 is 24.8. The lowest BCUT2D eigenvalue weighted by Gasteiger charge is -2.15. The molecule has 0 saturated heterocycles. The Morgan fingerprint density at radius 3 is 2.19 bits per heavy atom. The maximum atomic E-state index is 11.4. The second-order valence-electron chi connectivity index (χ2n) is 4.16. The van der Waals surface area contributed by atoms with Crippen LogP contribution in [0.25, 0.3) is 0 Å². The molecule has 0 aromatic heterocycles. The SMILES string of the molecule is CC(C)CC(O)CNS(=O)(=O)C(C)C(=O)O. The van der Waals surface area contributed by atoms with E-state index in [0.717, 1.165) is 6.92 Å². The van der Waals surface area contributed by atoms with Gasteiger partial charge in [-0.1, -0.05) is 13.8 Å². The van der Waals surface area contributed by atoms with E-state index in [4.69, 9.17) is 5.11 Å². The summed E-state index contributed by atoms with van der Waals surface area (Å²) in [4.78, 5) is 10.5. The molecule has 3 N–H and O–H groups in total. The number of aliphatic hydroxyl groups excluding tert-OH is 1. The van der Waals surface area contributed by atoms with Crippen molar-refractivity contribution in [2.75, 3.05) is 6.54 Å². The third-order valence-electron chi connectivity index (χ3n) is 2.08. The van der Waals surface area contributed by atoms with Gasteiger partial charge in [0, 0.05) is 6.54 Å². The summed E-state index contributed by atoms with van der Waals surface area (Å²) in [5.74, 6) is -1.16. The fraction of sp³-hybridized carbons (Fsp3) is 0.889. The Bertz CT molecular complexity index is 325. The number of rotatable bonds is 7. The van der Waals surface area contributed by atoms with Crippen LogP contribution in [0.4, 0.5) is 0 Å². The van der Waals surface area contributed by atoms with Crippen molar-refractivity contribution in [3.63, 3.8) is 0 Å². The van der Waals surface area contributed by atoms with Gasteiger partial charge in [-0.25, -0.2) is 13.1 Å². The third kappa shape index (κ3) is 5.43. The first-order valence-electron chi connectivity index (χ1n) is 5.06. The monoisotopic (exact) mass is 253 g/mol. The molecular formula is C9H19NO5S. The number of aliphatic carboxylic acids is 1. The Morgan fingerprint density at radius 1 is 1.31 bits per heavy atom. The largest absolute Gasteiger partial charge is 0.480 e. The van der Waals surface area contributed by atoms with Crippen molar-refractivity contribution < 1.29 is 23.4 Å². The van der Waals surface area contributed by atoms with Gasteiger partial charge in [0.2, 0.25) is 10.0 Å². The summed E-state index contributed by atoms with van der Waals surface area (Å²) in [6.07, 6.45) is -0.333. The fourth-order valence-electron chi connectivity index (χ4n) is 1.10. The van der Waals surface area contributed by atoms with Crippen LogP contribution in [-0.2, 0) is 14.8 Å². The number of carboxylic acid groups (broad SMARTS) is 1. The number of hydrogen-bond acceptors (Lipinski definition) is 4. The first-order chi connectivity index (χ1) is 7.16. The standard InChI is InChI=1S/C9H19NO5S/c1-6(2)4-8(11)5-10-16(14,15)7(3)9(12)13/h6-8,10-11H,4-5H2,1-3H3,(H,12,13). The lowest BCUT2D eigenvalue weighted by molar-refractivity contribution is -0.136. The van der Waals surface area contributed by atoms with Crippen molar-refractivity contribution in [2.24, 2.45) is 5.92 Å². The molecule has 0 aromatic rings. The predicted octanol–water partition coefficient (Wildman–Crippen LogP) is -0.214. The minimum atomic E-state index is -3.90. The minimum absolute atomic E-state index is 0.155. The highest BCUT2D eigenvalue weighted by Crippen LogP contribution is 2.05. The molecule has 0 rings (SSSR count). The number of sulfonamides is 1. The molecule has 0 fully saturated rings. The summed E-state index contributed by atoms with van der Waals surface area (Å²) in [6, 6.07) is 0. The summed E-state index contributed by atoms with van der Waals surface area (Å²) in [5, 5.41) is 16.5. The summed E-state index contributed by atoms with van der Waals surface area (Å²) in [6.45, 7) is 4.73. The Balaban J connectivity index is 4.25. The zero-order valence-corrected chi connectivity index (χ0v) is 10.5. The van der Waals surface area contributed by atoms with E-state index in [1.807, 2.05) is 13.8 Å². The van der Waals surface area contributed by atoms with Gasteiger partial charge in [0.1, 0.15) is 0 Å². The number of carboxylic acids is 1. The number of carbonyl (C=O) groups is 1. The maximum absolute atomic E-state index is 11.4. The second kappa shape index (κ2) is 6.17. The summed E-state index contributed by atoms with van der Waals surface area (Å²) in [5.41, 5.74) is 0. The number of nitrogens with one attached hydrogen (secondary N) is 1. The highest BCUT2D eigenvalue weighted by Gasteiger charge is 2.27. The van der Waals surface area contributed by atoms with Gasteiger partial charge < -0.3 is 10.2 Å². The molecule has 0 aliphatic heterocycles. The van der Waals surface area contributed by atoms with Crippen molar-refractivity contribution in [2.45, 2.75) is 38.5 Å². The molecule has 0 saturated carbocycles. The topological polar surface area (TPSA) is 104 Å². The van der Waals surface area contributed by atoms with Gasteiger partial charge in [-0.2, -0.15) is 0 Å².